The van der Waals surface area contributed by atoms with E-state index in [9.17, 15) is 9.59 Å². The van der Waals surface area contributed by atoms with E-state index in [1.165, 1.54) is 11.3 Å². The minimum atomic E-state index is -0.527. The molecule has 1 amide bonds. The van der Waals surface area contributed by atoms with Crippen molar-refractivity contribution in [2.45, 2.75) is 46.8 Å². The Morgan fingerprint density at radius 3 is 2.48 bits per heavy atom. The molecule has 0 spiro atoms. The number of fused-ring (bicyclic) bond motifs is 1. The van der Waals surface area contributed by atoms with Gasteiger partial charge in [0.2, 0.25) is 0 Å². The maximum Gasteiger partial charge on any atom is 0.350 e. The molecule has 0 saturated heterocycles. The zero-order valence-corrected chi connectivity index (χ0v) is 16.8. The minimum Gasteiger partial charge on any atom is -0.459 e. The van der Waals surface area contributed by atoms with Gasteiger partial charge >= 0.3 is 5.97 Å². The molecule has 0 bridgehead atoms. The van der Waals surface area contributed by atoms with Crippen molar-refractivity contribution in [2.24, 2.45) is 5.73 Å². The number of aromatic nitrogens is 3. The molecule has 0 radical (unpaired) electrons. The summed E-state index contributed by atoms with van der Waals surface area (Å²) in [6.07, 6.45) is 1.53. The molecule has 0 aromatic carbocycles. The molecule has 7 nitrogen and oxygen atoms in total. The number of carbonyl (C=O) groups excluding carboxylic acids is 2. The molecule has 3 rings (SSSR count). The quantitative estimate of drug-likeness (QED) is 0.674. The van der Waals surface area contributed by atoms with Crippen molar-refractivity contribution in [3.8, 4) is 10.7 Å². The van der Waals surface area contributed by atoms with Crippen molar-refractivity contribution >= 4 is 34.2 Å². The maximum absolute atomic E-state index is 12.2. The minimum absolute atomic E-state index is 0.160. The number of carbonyl (C=O) groups is 2. The van der Waals surface area contributed by atoms with Crippen LogP contribution < -0.4 is 5.73 Å². The third kappa shape index (κ3) is 3.57. The number of primary amides is 1. The van der Waals surface area contributed by atoms with Crippen molar-refractivity contribution in [1.29, 1.82) is 0 Å². The van der Waals surface area contributed by atoms with Crippen LogP contribution in [0.25, 0.3) is 21.7 Å². The number of nitrogens with two attached hydrogens (primary N) is 1. The molecule has 142 valence electrons. The smallest absolute Gasteiger partial charge is 0.350 e. The van der Waals surface area contributed by atoms with Gasteiger partial charge in [-0.1, -0.05) is 0 Å². The molecule has 0 aliphatic carbocycles. The monoisotopic (exact) mass is 386 g/mol. The zero-order valence-electron chi connectivity index (χ0n) is 15.9. The van der Waals surface area contributed by atoms with Gasteiger partial charge in [0.05, 0.1) is 28.6 Å². The fraction of sp³-hybridized carbons (Fsp3) is 0.368. The third-order valence-electron chi connectivity index (χ3n) is 4.04. The number of aryl methyl sites for hydroxylation is 1. The number of thiazole rings is 1. The van der Waals surface area contributed by atoms with Crippen molar-refractivity contribution < 1.29 is 14.3 Å². The predicted octanol–water partition coefficient (Wildman–Crippen LogP) is 3.71. The Kier molecular flexibility index (Phi) is 5.01. The summed E-state index contributed by atoms with van der Waals surface area (Å²) in [5, 5.41) is 0.595. The lowest BCUT2D eigenvalue weighted by molar-refractivity contribution is 0.0382. The summed E-state index contributed by atoms with van der Waals surface area (Å²) in [7, 11) is 0. The normalized spacial score (nSPS) is 11.5. The van der Waals surface area contributed by atoms with E-state index in [2.05, 4.69) is 9.97 Å². The van der Waals surface area contributed by atoms with E-state index >= 15 is 0 Å². The lowest BCUT2D eigenvalue weighted by Crippen LogP contribution is -2.11. The van der Waals surface area contributed by atoms with Crippen LogP contribution in [0.2, 0.25) is 0 Å². The average Bonchev–Trinajstić information content (AvgIpc) is 3.14. The predicted molar refractivity (Wildman–Crippen MR) is 105 cm³/mol. The summed E-state index contributed by atoms with van der Waals surface area (Å²) >= 11 is 1.23. The number of amides is 1. The fourth-order valence-electron chi connectivity index (χ4n) is 2.82. The molecule has 0 aliphatic rings. The molecule has 0 unspecified atom stereocenters. The van der Waals surface area contributed by atoms with Gasteiger partial charge in [-0.15, -0.1) is 11.3 Å². The third-order valence-corrected chi connectivity index (χ3v) is 5.20. The van der Waals surface area contributed by atoms with Gasteiger partial charge in [0.15, 0.2) is 0 Å². The Morgan fingerprint density at radius 2 is 1.89 bits per heavy atom. The van der Waals surface area contributed by atoms with Crippen LogP contribution in [-0.4, -0.2) is 32.5 Å². The highest BCUT2D eigenvalue weighted by Crippen LogP contribution is 2.31. The van der Waals surface area contributed by atoms with E-state index in [0.717, 1.165) is 5.52 Å². The number of rotatable bonds is 5. The zero-order chi connectivity index (χ0) is 19.9. The highest BCUT2D eigenvalue weighted by atomic mass is 32.1. The molecule has 8 heteroatoms. The van der Waals surface area contributed by atoms with Crippen molar-refractivity contribution in [3.05, 3.63) is 34.5 Å². The van der Waals surface area contributed by atoms with Crippen LogP contribution in [0.3, 0.4) is 0 Å². The summed E-state index contributed by atoms with van der Waals surface area (Å²) in [5.74, 6) is -0.920. The topological polar surface area (TPSA) is 100 Å². The highest BCUT2D eigenvalue weighted by Gasteiger charge is 2.21. The van der Waals surface area contributed by atoms with Crippen molar-refractivity contribution in [2.75, 3.05) is 0 Å². The van der Waals surface area contributed by atoms with Crippen LogP contribution in [0.15, 0.2) is 18.3 Å². The molecule has 2 N–H and O–H groups in total. The number of ether oxygens (including phenoxy) is 1. The molecule has 0 saturated carbocycles. The summed E-state index contributed by atoms with van der Waals surface area (Å²) in [6, 6.07) is 3.89. The van der Waals surface area contributed by atoms with E-state index in [4.69, 9.17) is 10.5 Å². The van der Waals surface area contributed by atoms with Gasteiger partial charge in [0, 0.05) is 12.2 Å². The van der Waals surface area contributed by atoms with E-state index in [0.29, 0.717) is 32.4 Å². The van der Waals surface area contributed by atoms with E-state index in [-0.39, 0.29) is 12.1 Å². The van der Waals surface area contributed by atoms with E-state index in [1.54, 1.807) is 27.0 Å². The lowest BCUT2D eigenvalue weighted by Gasteiger charge is -2.08. The van der Waals surface area contributed by atoms with Gasteiger partial charge in [-0.05, 0) is 46.8 Å². The SMILES string of the molecule is Cc1nc(-c2ccc3c(n2)c(C(N)=O)cn3C(C)C)sc1C(=O)OC(C)C. The first-order chi connectivity index (χ1) is 12.7. The molecule has 0 aliphatic heterocycles. The second kappa shape index (κ2) is 7.11. The van der Waals surface area contributed by atoms with Crippen LogP contribution >= 0.6 is 11.3 Å². The molecule has 3 aromatic heterocycles. The van der Waals surface area contributed by atoms with Gasteiger partial charge in [-0.3, -0.25) is 4.79 Å². The number of hydrogen-bond donors (Lipinski definition) is 1. The van der Waals surface area contributed by atoms with Gasteiger partial charge < -0.3 is 15.0 Å². The van der Waals surface area contributed by atoms with E-state index < -0.39 is 11.9 Å². The molecule has 3 aromatic rings. The van der Waals surface area contributed by atoms with Gasteiger partial charge in [0.25, 0.3) is 5.91 Å². The maximum atomic E-state index is 12.2. The highest BCUT2D eigenvalue weighted by molar-refractivity contribution is 7.17. The van der Waals surface area contributed by atoms with Gasteiger partial charge in [0.1, 0.15) is 15.4 Å². The Balaban J connectivity index is 2.09. The van der Waals surface area contributed by atoms with Gasteiger partial charge in [-0.25, -0.2) is 14.8 Å². The number of pyridine rings is 1. The van der Waals surface area contributed by atoms with Gasteiger partial charge in [-0.2, -0.15) is 0 Å². The second-order valence-corrected chi connectivity index (χ2v) is 7.86. The Morgan fingerprint density at radius 1 is 1.19 bits per heavy atom. The first kappa shape index (κ1) is 19.0. The molecule has 0 fully saturated rings. The molecule has 27 heavy (non-hydrogen) atoms. The largest absolute Gasteiger partial charge is 0.459 e. The van der Waals surface area contributed by atoms with Crippen LogP contribution in [0.1, 0.15) is 59.5 Å². The number of nitrogens with zero attached hydrogens (tertiary/aromatic N) is 3. The molecule has 3 heterocycles. The van der Waals surface area contributed by atoms with Crippen LogP contribution in [0.5, 0.6) is 0 Å². The second-order valence-electron chi connectivity index (χ2n) is 6.86. The Hall–Kier alpha value is -2.74. The summed E-state index contributed by atoms with van der Waals surface area (Å²) in [4.78, 5) is 33.6. The summed E-state index contributed by atoms with van der Waals surface area (Å²) < 4.78 is 7.23. The van der Waals surface area contributed by atoms with Crippen LogP contribution in [0.4, 0.5) is 0 Å². The lowest BCUT2D eigenvalue weighted by atomic mass is 10.2. The van der Waals surface area contributed by atoms with Crippen molar-refractivity contribution in [1.82, 2.24) is 14.5 Å². The summed E-state index contributed by atoms with van der Waals surface area (Å²) in [6.45, 7) is 9.41. The van der Waals surface area contributed by atoms with Crippen LogP contribution in [0, 0.1) is 6.92 Å². The first-order valence-corrected chi connectivity index (χ1v) is 9.50. The molecular weight excluding hydrogens is 364 g/mol. The van der Waals surface area contributed by atoms with E-state index in [1.807, 2.05) is 30.5 Å². The first-order valence-electron chi connectivity index (χ1n) is 8.69. The fourth-order valence-corrected chi connectivity index (χ4v) is 3.74. The summed E-state index contributed by atoms with van der Waals surface area (Å²) in [5.41, 5.74) is 8.44. The Labute approximate surface area is 161 Å². The molecular formula is C19H22N4O3S. The van der Waals surface area contributed by atoms with Crippen molar-refractivity contribution in [3.63, 3.8) is 0 Å². The average molecular weight is 386 g/mol. The molecule has 0 atom stereocenters. The van der Waals surface area contributed by atoms with Crippen LogP contribution in [-0.2, 0) is 4.74 Å². The number of hydrogen-bond acceptors (Lipinski definition) is 6. The number of esters is 1. The standard InChI is InChI=1S/C19H22N4O3S/c1-9(2)23-8-12(17(20)24)15-14(23)7-6-13(22-15)18-21-11(5)16(27-18)19(25)26-10(3)4/h6-10H,1-5H3,(H2,20,24). The Bertz CT molecular complexity index is 1030.